The van der Waals surface area contributed by atoms with Crippen molar-refractivity contribution in [3.05, 3.63) is 10.4 Å². The fourth-order valence-electron chi connectivity index (χ4n) is 0.773. The monoisotopic (exact) mass is 205 g/mol. The SMILES string of the molecule is [N-]=[N+]=N[C@@H](C=O)[C@@H](O)[C@@H](O)[C@H](O)CO. The Morgan fingerprint density at radius 2 is 1.93 bits per heavy atom. The molecule has 0 heterocycles. The predicted octanol–water partition coefficient (Wildman–Crippen LogP) is -2.06. The van der Waals surface area contributed by atoms with E-state index in [-0.39, 0.29) is 6.29 Å². The third kappa shape index (κ3) is 3.29. The van der Waals surface area contributed by atoms with Crippen LogP contribution in [-0.4, -0.2) is 57.7 Å². The van der Waals surface area contributed by atoms with Crippen molar-refractivity contribution < 1.29 is 25.2 Å². The number of nitrogens with zero attached hydrogens (tertiary/aromatic N) is 3. The lowest BCUT2D eigenvalue weighted by molar-refractivity contribution is -0.118. The van der Waals surface area contributed by atoms with Crippen LogP contribution < -0.4 is 0 Å². The Hall–Kier alpha value is -1.18. The zero-order valence-corrected chi connectivity index (χ0v) is 7.13. The lowest BCUT2D eigenvalue weighted by atomic mass is 10.0. The number of aliphatic hydroxyl groups is 4. The van der Waals surface area contributed by atoms with E-state index in [9.17, 15) is 9.90 Å². The van der Waals surface area contributed by atoms with Gasteiger partial charge in [-0.2, -0.15) is 0 Å². The van der Waals surface area contributed by atoms with Crippen LogP contribution in [0.25, 0.3) is 10.4 Å². The molecular weight excluding hydrogens is 194 g/mol. The first-order valence-electron chi connectivity index (χ1n) is 3.73. The smallest absolute Gasteiger partial charge is 0.131 e. The molecule has 80 valence electrons. The first kappa shape index (κ1) is 12.8. The van der Waals surface area contributed by atoms with Crippen LogP contribution in [0.3, 0.4) is 0 Å². The second-order valence-corrected chi connectivity index (χ2v) is 2.56. The lowest BCUT2D eigenvalue weighted by Gasteiger charge is -2.22. The van der Waals surface area contributed by atoms with Crippen LogP contribution in [0.15, 0.2) is 5.11 Å². The van der Waals surface area contributed by atoms with Gasteiger partial charge in [0.15, 0.2) is 0 Å². The second kappa shape index (κ2) is 6.30. The van der Waals surface area contributed by atoms with Crippen LogP contribution in [-0.2, 0) is 4.79 Å². The van der Waals surface area contributed by atoms with E-state index in [0.717, 1.165) is 0 Å². The number of aldehydes is 1. The first-order chi connectivity index (χ1) is 6.58. The highest BCUT2D eigenvalue weighted by atomic mass is 16.4. The Balaban J connectivity index is 4.47. The van der Waals surface area contributed by atoms with Gasteiger partial charge in [-0.3, -0.25) is 0 Å². The number of rotatable bonds is 6. The van der Waals surface area contributed by atoms with Gasteiger partial charge < -0.3 is 25.2 Å². The minimum atomic E-state index is -1.75. The average molecular weight is 205 g/mol. The molecule has 0 aromatic rings. The number of hydrogen-bond acceptors (Lipinski definition) is 6. The third-order valence-corrected chi connectivity index (χ3v) is 1.61. The number of carbonyl (C=O) groups excluding carboxylic acids is 1. The molecule has 0 saturated heterocycles. The summed E-state index contributed by atoms with van der Waals surface area (Å²) < 4.78 is 0. The van der Waals surface area contributed by atoms with Gasteiger partial charge in [0, 0.05) is 4.91 Å². The maximum Gasteiger partial charge on any atom is 0.131 e. The average Bonchev–Trinajstić information content (AvgIpc) is 2.22. The summed E-state index contributed by atoms with van der Waals surface area (Å²) in [5.74, 6) is 0. The van der Waals surface area contributed by atoms with Gasteiger partial charge in [0.1, 0.15) is 24.5 Å². The molecule has 0 radical (unpaired) electrons. The fourth-order valence-corrected chi connectivity index (χ4v) is 0.773. The van der Waals surface area contributed by atoms with Crippen molar-refractivity contribution in [2.24, 2.45) is 5.11 Å². The lowest BCUT2D eigenvalue weighted by Crippen LogP contribution is -2.45. The van der Waals surface area contributed by atoms with Gasteiger partial charge in [-0.15, -0.1) is 0 Å². The van der Waals surface area contributed by atoms with Crippen LogP contribution in [0, 0.1) is 0 Å². The Morgan fingerprint density at radius 3 is 2.29 bits per heavy atom. The zero-order chi connectivity index (χ0) is 11.1. The summed E-state index contributed by atoms with van der Waals surface area (Å²) in [4.78, 5) is 12.5. The van der Waals surface area contributed by atoms with Gasteiger partial charge in [-0.25, -0.2) is 0 Å². The zero-order valence-electron chi connectivity index (χ0n) is 7.13. The minimum absolute atomic E-state index is 0.137. The number of carbonyl (C=O) groups is 1. The van der Waals surface area contributed by atoms with Crippen molar-refractivity contribution in [1.29, 1.82) is 0 Å². The largest absolute Gasteiger partial charge is 0.394 e. The number of azide groups is 1. The topological polar surface area (TPSA) is 147 Å². The van der Waals surface area contributed by atoms with Crippen molar-refractivity contribution >= 4 is 6.29 Å². The molecule has 0 aromatic carbocycles. The van der Waals surface area contributed by atoms with E-state index in [4.69, 9.17) is 20.9 Å². The maximum absolute atomic E-state index is 10.3. The molecular formula is C6H11N3O5. The number of hydrogen-bond donors (Lipinski definition) is 4. The van der Waals surface area contributed by atoms with Crippen LogP contribution >= 0.6 is 0 Å². The van der Waals surface area contributed by atoms with Gasteiger partial charge in [0.05, 0.1) is 12.7 Å². The molecule has 0 saturated carbocycles. The normalized spacial score (nSPS) is 18.9. The molecule has 0 rings (SSSR count). The van der Waals surface area contributed by atoms with Gasteiger partial charge >= 0.3 is 0 Å². The van der Waals surface area contributed by atoms with Crippen molar-refractivity contribution in [3.8, 4) is 0 Å². The second-order valence-electron chi connectivity index (χ2n) is 2.56. The van der Waals surface area contributed by atoms with Crippen LogP contribution in [0.5, 0.6) is 0 Å². The molecule has 4 N–H and O–H groups in total. The number of aliphatic hydroxyl groups excluding tert-OH is 4. The van der Waals surface area contributed by atoms with E-state index in [1.54, 1.807) is 0 Å². The summed E-state index contributed by atoms with van der Waals surface area (Å²) in [6.45, 7) is -0.778. The van der Waals surface area contributed by atoms with Crippen molar-refractivity contribution in [2.45, 2.75) is 24.4 Å². The summed E-state index contributed by atoms with van der Waals surface area (Å²) in [6.07, 6.45) is -4.95. The molecule has 8 nitrogen and oxygen atoms in total. The van der Waals surface area contributed by atoms with Crippen molar-refractivity contribution in [2.75, 3.05) is 6.61 Å². The fraction of sp³-hybridized carbons (Fsp3) is 0.833. The van der Waals surface area contributed by atoms with E-state index in [1.165, 1.54) is 0 Å². The van der Waals surface area contributed by atoms with Gasteiger partial charge in [0.2, 0.25) is 0 Å². The van der Waals surface area contributed by atoms with E-state index < -0.39 is 31.0 Å². The molecule has 0 aliphatic carbocycles. The molecule has 8 heteroatoms. The van der Waals surface area contributed by atoms with Crippen molar-refractivity contribution in [1.82, 2.24) is 0 Å². The molecule has 0 fully saturated rings. The van der Waals surface area contributed by atoms with Crippen LogP contribution in [0.2, 0.25) is 0 Å². The molecule has 0 aliphatic rings. The minimum Gasteiger partial charge on any atom is -0.394 e. The van der Waals surface area contributed by atoms with E-state index in [2.05, 4.69) is 10.0 Å². The first-order valence-corrected chi connectivity index (χ1v) is 3.73. The Kier molecular flexibility index (Phi) is 5.77. The maximum atomic E-state index is 10.3. The standard InChI is InChI=1S/C6H11N3O5/c7-9-8-3(1-10)5(13)6(14)4(12)2-11/h1,3-6,11-14H,2H2/t3-,4+,5+,6-/m0/s1. The highest BCUT2D eigenvalue weighted by Crippen LogP contribution is 2.06. The van der Waals surface area contributed by atoms with Crippen molar-refractivity contribution in [3.63, 3.8) is 0 Å². The molecule has 0 unspecified atom stereocenters. The molecule has 0 spiro atoms. The van der Waals surface area contributed by atoms with Gasteiger partial charge in [0.25, 0.3) is 0 Å². The highest BCUT2D eigenvalue weighted by molar-refractivity contribution is 5.59. The van der Waals surface area contributed by atoms with E-state index >= 15 is 0 Å². The van der Waals surface area contributed by atoms with E-state index in [0.29, 0.717) is 0 Å². The van der Waals surface area contributed by atoms with Gasteiger partial charge in [-0.1, -0.05) is 5.11 Å². The summed E-state index contributed by atoms with van der Waals surface area (Å²) in [5, 5.41) is 38.5. The molecule has 0 aromatic heterocycles. The molecule has 0 aliphatic heterocycles. The predicted molar refractivity (Wildman–Crippen MR) is 44.1 cm³/mol. The summed E-state index contributed by atoms with van der Waals surface area (Å²) >= 11 is 0. The van der Waals surface area contributed by atoms with Crippen LogP contribution in [0.4, 0.5) is 0 Å². The quantitative estimate of drug-likeness (QED) is 0.170. The van der Waals surface area contributed by atoms with E-state index in [1.807, 2.05) is 0 Å². The molecule has 14 heavy (non-hydrogen) atoms. The molecule has 4 atom stereocenters. The third-order valence-electron chi connectivity index (χ3n) is 1.61. The summed E-state index contributed by atoms with van der Waals surface area (Å²) in [7, 11) is 0. The Labute approximate surface area is 79.0 Å². The molecule has 0 bridgehead atoms. The Morgan fingerprint density at radius 1 is 1.36 bits per heavy atom. The van der Waals surface area contributed by atoms with Crippen LogP contribution in [0.1, 0.15) is 0 Å². The van der Waals surface area contributed by atoms with Gasteiger partial charge in [-0.05, 0) is 5.53 Å². The Bertz CT molecular complexity index is 230. The summed E-state index contributed by atoms with van der Waals surface area (Å²) in [6, 6.07) is -1.49. The highest BCUT2D eigenvalue weighted by Gasteiger charge is 2.30. The summed E-state index contributed by atoms with van der Waals surface area (Å²) in [5.41, 5.74) is 7.99. The molecule has 0 amide bonds.